The molecule has 4 aromatic rings. The third-order valence-electron chi connectivity index (χ3n) is 5.02. The van der Waals surface area contributed by atoms with E-state index in [1.54, 1.807) is 44.6 Å². The van der Waals surface area contributed by atoms with Gasteiger partial charge in [0.05, 0.1) is 31.8 Å². The van der Waals surface area contributed by atoms with Gasteiger partial charge in [-0.05, 0) is 43.7 Å². The lowest BCUT2D eigenvalue weighted by Gasteiger charge is -2.05. The summed E-state index contributed by atoms with van der Waals surface area (Å²) in [5.41, 5.74) is 1.82. The molecule has 0 saturated carbocycles. The van der Waals surface area contributed by atoms with Crippen LogP contribution in [0.2, 0.25) is 0 Å². The Hall–Kier alpha value is -3.77. The SMILES string of the molecule is CCOC(=O)c1sc(NC(=O)CCSc2nc(-c3ccco3)c(-c3ccco3)[nH]2)c(C(=O)OC)c1C. The van der Waals surface area contributed by atoms with Crippen molar-refractivity contribution in [1.29, 1.82) is 0 Å². The van der Waals surface area contributed by atoms with Gasteiger partial charge in [0.1, 0.15) is 21.3 Å². The van der Waals surface area contributed by atoms with E-state index >= 15 is 0 Å². The molecule has 0 aromatic carbocycles. The number of carbonyl (C=O) groups excluding carboxylic acids is 3. The number of anilines is 1. The van der Waals surface area contributed by atoms with Crippen molar-refractivity contribution < 1.29 is 32.7 Å². The molecular formula is C24H23N3O7S2. The number of nitrogens with one attached hydrogen (secondary N) is 2. The fraction of sp³-hybridized carbons (Fsp3) is 0.250. The number of hydrogen-bond donors (Lipinski definition) is 2. The average molecular weight is 530 g/mol. The van der Waals surface area contributed by atoms with Gasteiger partial charge >= 0.3 is 11.9 Å². The van der Waals surface area contributed by atoms with Crippen LogP contribution in [0.15, 0.2) is 50.8 Å². The monoisotopic (exact) mass is 529 g/mol. The molecule has 36 heavy (non-hydrogen) atoms. The number of hydrogen-bond acceptors (Lipinski definition) is 10. The lowest BCUT2D eigenvalue weighted by atomic mass is 10.1. The molecule has 12 heteroatoms. The van der Waals surface area contributed by atoms with Crippen LogP contribution >= 0.6 is 23.1 Å². The van der Waals surface area contributed by atoms with Crippen molar-refractivity contribution in [2.24, 2.45) is 0 Å². The highest BCUT2D eigenvalue weighted by Gasteiger charge is 2.27. The smallest absolute Gasteiger partial charge is 0.348 e. The molecule has 1 amide bonds. The summed E-state index contributed by atoms with van der Waals surface area (Å²) >= 11 is 2.34. The van der Waals surface area contributed by atoms with Gasteiger partial charge in [-0.15, -0.1) is 11.3 Å². The fourth-order valence-corrected chi connectivity index (χ4v) is 5.30. The zero-order valence-electron chi connectivity index (χ0n) is 19.7. The molecule has 0 aliphatic heterocycles. The second-order valence-electron chi connectivity index (χ2n) is 7.34. The van der Waals surface area contributed by atoms with Crippen molar-refractivity contribution in [2.75, 3.05) is 24.8 Å². The first-order valence-electron chi connectivity index (χ1n) is 10.9. The average Bonchev–Trinajstić information content (AvgIpc) is 3.65. The van der Waals surface area contributed by atoms with Crippen molar-refractivity contribution >= 4 is 45.9 Å². The van der Waals surface area contributed by atoms with Crippen LogP contribution in [0.4, 0.5) is 5.00 Å². The van der Waals surface area contributed by atoms with Crippen LogP contribution in [-0.2, 0) is 14.3 Å². The number of amides is 1. The highest BCUT2D eigenvalue weighted by molar-refractivity contribution is 7.99. The first kappa shape index (κ1) is 25.3. The number of thiophene rings is 1. The molecule has 0 bridgehead atoms. The van der Waals surface area contributed by atoms with E-state index in [0.717, 1.165) is 11.3 Å². The number of nitrogens with zero attached hydrogens (tertiary/aromatic N) is 1. The first-order chi connectivity index (χ1) is 17.4. The topological polar surface area (TPSA) is 137 Å². The molecule has 4 heterocycles. The first-order valence-corrected chi connectivity index (χ1v) is 12.7. The molecule has 188 valence electrons. The number of methoxy groups -OCH3 is 1. The van der Waals surface area contributed by atoms with E-state index in [2.05, 4.69) is 15.3 Å². The molecule has 10 nitrogen and oxygen atoms in total. The lowest BCUT2D eigenvalue weighted by molar-refractivity contribution is -0.115. The predicted octanol–water partition coefficient (Wildman–Crippen LogP) is 5.38. The minimum Gasteiger partial charge on any atom is -0.465 e. The molecule has 0 atom stereocenters. The van der Waals surface area contributed by atoms with Gasteiger partial charge in [0, 0.05) is 12.2 Å². The highest BCUT2D eigenvalue weighted by atomic mass is 32.2. The maximum Gasteiger partial charge on any atom is 0.348 e. The Kier molecular flexibility index (Phi) is 7.96. The minimum absolute atomic E-state index is 0.129. The van der Waals surface area contributed by atoms with Crippen molar-refractivity contribution in [3.63, 3.8) is 0 Å². The maximum absolute atomic E-state index is 12.7. The number of aromatic nitrogens is 2. The van der Waals surface area contributed by atoms with Crippen LogP contribution in [0.5, 0.6) is 0 Å². The lowest BCUT2D eigenvalue weighted by Crippen LogP contribution is -2.14. The quantitative estimate of drug-likeness (QED) is 0.205. The predicted molar refractivity (Wildman–Crippen MR) is 134 cm³/mol. The van der Waals surface area contributed by atoms with E-state index in [4.69, 9.17) is 18.3 Å². The van der Waals surface area contributed by atoms with E-state index in [1.165, 1.54) is 18.9 Å². The molecule has 0 unspecified atom stereocenters. The summed E-state index contributed by atoms with van der Waals surface area (Å²) in [6, 6.07) is 7.17. The summed E-state index contributed by atoms with van der Waals surface area (Å²) in [4.78, 5) is 45.3. The summed E-state index contributed by atoms with van der Waals surface area (Å²) in [5, 5.41) is 3.56. The van der Waals surface area contributed by atoms with Gasteiger partial charge in [-0.1, -0.05) is 11.8 Å². The van der Waals surface area contributed by atoms with E-state index in [0.29, 0.717) is 39.4 Å². The normalized spacial score (nSPS) is 10.9. The summed E-state index contributed by atoms with van der Waals surface area (Å²) < 4.78 is 20.9. The van der Waals surface area contributed by atoms with Gasteiger partial charge in [0.2, 0.25) is 5.91 Å². The van der Waals surface area contributed by atoms with Gasteiger partial charge in [-0.25, -0.2) is 14.6 Å². The Morgan fingerprint density at radius 1 is 1.14 bits per heavy atom. The van der Waals surface area contributed by atoms with Crippen molar-refractivity contribution in [3.8, 4) is 22.9 Å². The molecule has 4 rings (SSSR count). The third kappa shape index (κ3) is 5.39. The van der Waals surface area contributed by atoms with Crippen LogP contribution in [0.3, 0.4) is 0 Å². The molecule has 2 N–H and O–H groups in total. The van der Waals surface area contributed by atoms with Crippen LogP contribution < -0.4 is 5.32 Å². The van der Waals surface area contributed by atoms with Gasteiger partial charge in [0.15, 0.2) is 16.7 Å². The van der Waals surface area contributed by atoms with Crippen LogP contribution in [-0.4, -0.2) is 47.3 Å². The number of thioether (sulfide) groups is 1. The minimum atomic E-state index is -0.643. The number of H-pyrrole nitrogens is 1. The molecule has 0 radical (unpaired) electrons. The molecule has 0 aliphatic carbocycles. The second kappa shape index (κ2) is 11.3. The summed E-state index contributed by atoms with van der Waals surface area (Å²) in [7, 11) is 1.24. The zero-order valence-corrected chi connectivity index (χ0v) is 21.3. The maximum atomic E-state index is 12.7. The van der Waals surface area contributed by atoms with Gasteiger partial charge in [-0.3, -0.25) is 4.79 Å². The number of aromatic amines is 1. The van der Waals surface area contributed by atoms with E-state index in [-0.39, 0.29) is 34.4 Å². The van der Waals surface area contributed by atoms with E-state index in [9.17, 15) is 14.4 Å². The summed E-state index contributed by atoms with van der Waals surface area (Å²) in [6.07, 6.45) is 3.26. The number of furan rings is 2. The number of esters is 2. The number of carbonyl (C=O) groups is 3. The van der Waals surface area contributed by atoms with E-state index in [1.807, 2.05) is 6.07 Å². The Morgan fingerprint density at radius 3 is 2.50 bits per heavy atom. The highest BCUT2D eigenvalue weighted by Crippen LogP contribution is 2.35. The molecular weight excluding hydrogens is 506 g/mol. The zero-order chi connectivity index (χ0) is 25.7. The molecule has 4 aromatic heterocycles. The van der Waals surface area contributed by atoms with Gasteiger partial charge < -0.3 is 28.6 Å². The third-order valence-corrected chi connectivity index (χ3v) is 7.08. The Labute approximate surface area is 214 Å². The summed E-state index contributed by atoms with van der Waals surface area (Å²) in [5.74, 6) is 0.0712. The van der Waals surface area contributed by atoms with Gasteiger partial charge in [0.25, 0.3) is 0 Å². The molecule has 0 saturated heterocycles. The fourth-order valence-electron chi connectivity index (χ4n) is 3.38. The largest absolute Gasteiger partial charge is 0.465 e. The standard InChI is InChI=1S/C24H23N3O7S2/c1-4-32-23(30)20-13(2)17(22(29)31-3)21(36-20)25-16(28)9-12-35-24-26-18(14-7-5-10-33-14)19(27-24)15-8-6-11-34-15/h5-8,10-11H,4,9,12H2,1-3H3,(H,25,28)(H,26,27). The van der Waals surface area contributed by atoms with Gasteiger partial charge in [-0.2, -0.15) is 0 Å². The number of imidazole rings is 1. The Morgan fingerprint density at radius 2 is 1.86 bits per heavy atom. The van der Waals surface area contributed by atoms with Crippen LogP contribution in [0.25, 0.3) is 22.9 Å². The molecule has 0 fully saturated rings. The molecule has 0 spiro atoms. The number of ether oxygens (including phenoxy) is 2. The Balaban J connectivity index is 1.44. The number of rotatable bonds is 10. The second-order valence-corrected chi connectivity index (χ2v) is 9.44. The molecule has 0 aliphatic rings. The van der Waals surface area contributed by atoms with Crippen molar-refractivity contribution in [1.82, 2.24) is 9.97 Å². The summed E-state index contributed by atoms with van der Waals surface area (Å²) in [6.45, 7) is 3.50. The van der Waals surface area contributed by atoms with Crippen molar-refractivity contribution in [2.45, 2.75) is 25.4 Å². The van der Waals surface area contributed by atoms with Crippen LogP contribution in [0, 0.1) is 6.92 Å². The van der Waals surface area contributed by atoms with Crippen LogP contribution in [0.1, 0.15) is 38.9 Å². The van der Waals surface area contributed by atoms with Crippen molar-refractivity contribution in [3.05, 3.63) is 52.8 Å². The van der Waals surface area contributed by atoms with E-state index < -0.39 is 11.9 Å². The Bertz CT molecular complexity index is 1300.